The number of ether oxygens (including phenoxy) is 2. The van der Waals surface area contributed by atoms with Gasteiger partial charge < -0.3 is 14.8 Å². The fourth-order valence-corrected chi connectivity index (χ4v) is 3.97. The molecule has 1 aliphatic rings. The van der Waals surface area contributed by atoms with Gasteiger partial charge in [0, 0.05) is 22.7 Å². The van der Waals surface area contributed by atoms with Crippen molar-refractivity contribution < 1.29 is 9.47 Å². The van der Waals surface area contributed by atoms with Crippen LogP contribution in [0.4, 0.5) is 11.5 Å². The lowest BCUT2D eigenvalue weighted by Gasteiger charge is -2.19. The lowest BCUT2D eigenvalue weighted by Crippen LogP contribution is -2.15. The number of halogens is 1. The molecule has 2 aromatic heterocycles. The van der Waals surface area contributed by atoms with Crippen LogP contribution in [0, 0.1) is 0 Å². The van der Waals surface area contributed by atoms with E-state index in [1.54, 1.807) is 17.7 Å². The van der Waals surface area contributed by atoms with E-state index in [0.717, 1.165) is 44.3 Å². The van der Waals surface area contributed by atoms with Crippen LogP contribution in [0.3, 0.4) is 0 Å². The number of fused-ring (bicyclic) bond motifs is 2. The molecule has 0 amide bonds. The fourth-order valence-electron chi connectivity index (χ4n) is 3.06. The Labute approximate surface area is 166 Å². The molecule has 4 aromatic rings. The molecule has 7 heteroatoms. The summed E-state index contributed by atoms with van der Waals surface area (Å²) in [6.45, 7) is 1.15. The second kappa shape index (κ2) is 7.42. The molecule has 0 fully saturated rings. The molecule has 5 nitrogen and oxygen atoms in total. The average Bonchev–Trinajstić information content (AvgIpc) is 3.14. The Morgan fingerprint density at radius 3 is 2.59 bits per heavy atom. The third kappa shape index (κ3) is 3.29. The molecule has 0 radical (unpaired) electrons. The summed E-state index contributed by atoms with van der Waals surface area (Å²) in [7, 11) is 0. The van der Waals surface area contributed by atoms with Crippen molar-refractivity contribution in [1.82, 2.24) is 9.97 Å². The molecule has 0 unspecified atom stereocenters. The first kappa shape index (κ1) is 17.6. The van der Waals surface area contributed by atoms with Gasteiger partial charge >= 0.3 is 0 Å². The molecule has 0 saturated carbocycles. The van der Waals surface area contributed by atoms with E-state index >= 15 is 0 Å². The summed E-state index contributed by atoms with van der Waals surface area (Å²) in [5.41, 5.74) is 3.18. The summed E-state index contributed by atoms with van der Waals surface area (Å²) in [5, 5.41) is 6.57. The van der Waals surface area contributed by atoms with Gasteiger partial charge in [0.1, 0.15) is 30.2 Å². The van der Waals surface area contributed by atoms with E-state index in [-0.39, 0.29) is 12.4 Å². The maximum atomic E-state index is 5.67. The number of rotatable bonds is 3. The zero-order valence-corrected chi connectivity index (χ0v) is 15.8. The SMILES string of the molecule is Cl.c1ccc(-c2csc3ncnc(Nc4ccc5c(c4)OCCO5)c23)cc1. The van der Waals surface area contributed by atoms with Crippen LogP contribution in [0.5, 0.6) is 11.5 Å². The molecule has 1 N–H and O–H groups in total. The Morgan fingerprint density at radius 1 is 0.926 bits per heavy atom. The van der Waals surface area contributed by atoms with Gasteiger partial charge in [0.15, 0.2) is 11.5 Å². The van der Waals surface area contributed by atoms with Gasteiger partial charge in [-0.15, -0.1) is 23.7 Å². The van der Waals surface area contributed by atoms with E-state index in [1.165, 1.54) is 0 Å². The molecular formula is C20H16ClN3O2S. The first-order valence-corrected chi connectivity index (χ1v) is 9.21. The van der Waals surface area contributed by atoms with Crippen LogP contribution >= 0.6 is 23.7 Å². The fraction of sp³-hybridized carbons (Fsp3) is 0.100. The summed E-state index contributed by atoms with van der Waals surface area (Å²) in [4.78, 5) is 9.86. The molecule has 2 aromatic carbocycles. The van der Waals surface area contributed by atoms with Crippen molar-refractivity contribution in [3.8, 4) is 22.6 Å². The third-order valence-electron chi connectivity index (χ3n) is 4.26. The monoisotopic (exact) mass is 397 g/mol. The van der Waals surface area contributed by atoms with Crippen LogP contribution in [0.2, 0.25) is 0 Å². The number of thiophene rings is 1. The second-order valence-electron chi connectivity index (χ2n) is 5.90. The van der Waals surface area contributed by atoms with Crippen LogP contribution in [0.25, 0.3) is 21.3 Å². The number of hydrogen-bond acceptors (Lipinski definition) is 6. The first-order chi connectivity index (χ1) is 12.9. The molecule has 27 heavy (non-hydrogen) atoms. The molecule has 0 atom stereocenters. The maximum Gasteiger partial charge on any atom is 0.163 e. The van der Waals surface area contributed by atoms with Gasteiger partial charge in [-0.3, -0.25) is 0 Å². The Hall–Kier alpha value is -2.83. The maximum absolute atomic E-state index is 5.67. The van der Waals surface area contributed by atoms with E-state index in [2.05, 4.69) is 32.8 Å². The summed E-state index contributed by atoms with van der Waals surface area (Å²) >= 11 is 1.62. The Morgan fingerprint density at radius 2 is 1.74 bits per heavy atom. The van der Waals surface area contributed by atoms with Crippen molar-refractivity contribution in [3.05, 3.63) is 60.2 Å². The van der Waals surface area contributed by atoms with Gasteiger partial charge in [-0.05, 0) is 17.7 Å². The van der Waals surface area contributed by atoms with E-state index in [9.17, 15) is 0 Å². The van der Waals surface area contributed by atoms with Gasteiger partial charge in [-0.2, -0.15) is 0 Å². The quantitative estimate of drug-likeness (QED) is 0.508. The van der Waals surface area contributed by atoms with Crippen LogP contribution in [-0.4, -0.2) is 23.2 Å². The zero-order valence-electron chi connectivity index (χ0n) is 14.2. The molecule has 0 bridgehead atoms. The minimum absolute atomic E-state index is 0. The van der Waals surface area contributed by atoms with Gasteiger partial charge in [0.2, 0.25) is 0 Å². The smallest absolute Gasteiger partial charge is 0.163 e. The van der Waals surface area contributed by atoms with E-state index < -0.39 is 0 Å². The Balaban J connectivity index is 0.00000180. The molecule has 136 valence electrons. The lowest BCUT2D eigenvalue weighted by molar-refractivity contribution is 0.171. The normalized spacial score (nSPS) is 12.4. The minimum Gasteiger partial charge on any atom is -0.486 e. The van der Waals surface area contributed by atoms with Crippen molar-refractivity contribution in [2.24, 2.45) is 0 Å². The largest absolute Gasteiger partial charge is 0.486 e. The Kier molecular flexibility index (Phi) is 4.83. The van der Waals surface area contributed by atoms with Crippen LogP contribution in [-0.2, 0) is 0 Å². The summed E-state index contributed by atoms with van der Waals surface area (Å²) in [5.74, 6) is 2.31. The highest BCUT2D eigenvalue weighted by molar-refractivity contribution is 7.17. The highest BCUT2D eigenvalue weighted by Crippen LogP contribution is 2.38. The average molecular weight is 398 g/mol. The first-order valence-electron chi connectivity index (χ1n) is 8.33. The highest BCUT2D eigenvalue weighted by Gasteiger charge is 2.15. The number of anilines is 2. The van der Waals surface area contributed by atoms with Crippen LogP contribution in [0.1, 0.15) is 0 Å². The number of aromatic nitrogens is 2. The van der Waals surface area contributed by atoms with E-state index in [4.69, 9.17) is 9.47 Å². The molecular weight excluding hydrogens is 382 g/mol. The summed E-state index contributed by atoms with van der Waals surface area (Å²) in [6.07, 6.45) is 1.59. The molecule has 3 heterocycles. The predicted octanol–water partition coefficient (Wildman–Crippen LogP) is 5.29. The second-order valence-corrected chi connectivity index (χ2v) is 6.76. The molecule has 0 saturated heterocycles. The van der Waals surface area contributed by atoms with Crippen LogP contribution < -0.4 is 14.8 Å². The number of nitrogens with one attached hydrogen (secondary N) is 1. The predicted molar refractivity (Wildman–Crippen MR) is 111 cm³/mol. The number of hydrogen-bond donors (Lipinski definition) is 1. The van der Waals surface area contributed by atoms with E-state index in [1.807, 2.05) is 36.4 Å². The lowest BCUT2D eigenvalue weighted by atomic mass is 10.1. The van der Waals surface area contributed by atoms with Gasteiger partial charge in [-0.25, -0.2) is 9.97 Å². The third-order valence-corrected chi connectivity index (χ3v) is 5.15. The highest BCUT2D eigenvalue weighted by atomic mass is 35.5. The van der Waals surface area contributed by atoms with Gasteiger partial charge in [0.25, 0.3) is 0 Å². The number of nitrogens with zero attached hydrogens (tertiary/aromatic N) is 2. The molecule has 0 spiro atoms. The van der Waals surface area contributed by atoms with Crippen molar-refractivity contribution in [3.63, 3.8) is 0 Å². The number of benzene rings is 2. The summed E-state index contributed by atoms with van der Waals surface area (Å²) < 4.78 is 11.3. The standard InChI is InChI=1S/C20H15N3O2S.ClH/c1-2-4-13(5-3-1)15-11-26-20-18(15)19(21-12-22-20)23-14-6-7-16-17(10-14)25-9-8-24-16;/h1-7,10-12H,8-9H2,(H,21,22,23);1H. The van der Waals surface area contributed by atoms with Crippen molar-refractivity contribution in [2.75, 3.05) is 18.5 Å². The molecule has 5 rings (SSSR count). The van der Waals surface area contributed by atoms with Gasteiger partial charge in [0.05, 0.1) is 5.39 Å². The Bertz CT molecular complexity index is 1090. The zero-order chi connectivity index (χ0) is 17.3. The van der Waals surface area contributed by atoms with Crippen molar-refractivity contribution in [1.29, 1.82) is 0 Å². The van der Waals surface area contributed by atoms with Crippen molar-refractivity contribution in [2.45, 2.75) is 0 Å². The minimum atomic E-state index is 0. The molecule has 1 aliphatic heterocycles. The molecule has 0 aliphatic carbocycles. The van der Waals surface area contributed by atoms with Crippen molar-refractivity contribution >= 4 is 45.5 Å². The topological polar surface area (TPSA) is 56.3 Å². The van der Waals surface area contributed by atoms with Gasteiger partial charge in [-0.1, -0.05) is 30.3 Å². The van der Waals surface area contributed by atoms with Crippen LogP contribution in [0.15, 0.2) is 60.2 Å². The summed E-state index contributed by atoms with van der Waals surface area (Å²) in [6, 6.07) is 16.1. The van der Waals surface area contributed by atoms with E-state index in [0.29, 0.717) is 13.2 Å².